The van der Waals surface area contributed by atoms with E-state index in [1.54, 1.807) is 7.11 Å². The zero-order chi connectivity index (χ0) is 13.9. The molecule has 2 aromatic rings. The molecule has 1 aliphatic heterocycles. The molecular weight excluding hydrogens is 272 g/mol. The van der Waals surface area contributed by atoms with Gasteiger partial charge < -0.3 is 9.64 Å². The Morgan fingerprint density at radius 2 is 2.10 bits per heavy atom. The predicted octanol–water partition coefficient (Wildman–Crippen LogP) is 2.18. The van der Waals surface area contributed by atoms with Crippen LogP contribution in [0, 0.1) is 0 Å². The molecule has 0 saturated heterocycles. The highest BCUT2D eigenvalue weighted by atomic mass is 35.5. The van der Waals surface area contributed by atoms with Crippen molar-refractivity contribution >= 4 is 17.8 Å². The van der Waals surface area contributed by atoms with Crippen LogP contribution in [0.25, 0.3) is 6.20 Å². The normalized spacial score (nSPS) is 13.2. The fourth-order valence-corrected chi connectivity index (χ4v) is 2.56. The molecular formula is C16H15ClN2O. The zero-order valence-electron chi connectivity index (χ0n) is 11.2. The Labute approximate surface area is 122 Å². The number of rotatable bonds is 3. The molecule has 0 aliphatic carbocycles. The van der Waals surface area contributed by atoms with Gasteiger partial charge >= 0.3 is 0 Å². The maximum atomic E-state index is 6.15. The van der Waals surface area contributed by atoms with Crippen LogP contribution in [0.15, 0.2) is 47.5 Å². The second-order valence-electron chi connectivity index (χ2n) is 4.70. The van der Waals surface area contributed by atoms with E-state index in [1.165, 1.54) is 0 Å². The second kappa shape index (κ2) is 5.55. The third kappa shape index (κ3) is 2.63. The molecule has 4 heteroatoms. The van der Waals surface area contributed by atoms with Gasteiger partial charge in [-0.2, -0.15) is 0 Å². The smallest absolute Gasteiger partial charge is 0.137 e. The Kier molecular flexibility index (Phi) is 3.61. The molecule has 0 bridgehead atoms. The topological polar surface area (TPSA) is 24.8 Å². The summed E-state index contributed by atoms with van der Waals surface area (Å²) in [6.07, 6.45) is 2.14. The van der Waals surface area contributed by atoms with Crippen molar-refractivity contribution < 1.29 is 4.74 Å². The summed E-state index contributed by atoms with van der Waals surface area (Å²) in [5, 5.41) is 2.84. The summed E-state index contributed by atoms with van der Waals surface area (Å²) >= 11 is 6.15. The largest absolute Gasteiger partial charge is 0.495 e. The van der Waals surface area contributed by atoms with Crippen LogP contribution in [-0.4, -0.2) is 18.7 Å². The van der Waals surface area contributed by atoms with E-state index in [4.69, 9.17) is 16.3 Å². The van der Waals surface area contributed by atoms with Gasteiger partial charge in [-0.15, -0.1) is 0 Å². The van der Waals surface area contributed by atoms with Gasteiger partial charge in [-0.1, -0.05) is 35.9 Å². The molecule has 2 aromatic carbocycles. The first-order chi connectivity index (χ1) is 9.76. The molecule has 0 aromatic heterocycles. The van der Waals surface area contributed by atoms with Crippen LogP contribution in [0.4, 0.5) is 0 Å². The van der Waals surface area contributed by atoms with Crippen LogP contribution in [0.5, 0.6) is 5.75 Å². The van der Waals surface area contributed by atoms with E-state index in [2.05, 4.69) is 22.2 Å². The number of fused-ring (bicyclic) bond motifs is 1. The maximum Gasteiger partial charge on any atom is 0.137 e. The lowest BCUT2D eigenvalue weighted by molar-refractivity contribution is 0.403. The van der Waals surface area contributed by atoms with E-state index in [0.29, 0.717) is 17.4 Å². The lowest BCUT2D eigenvalue weighted by Gasteiger charge is -2.21. The van der Waals surface area contributed by atoms with Gasteiger partial charge in [-0.3, -0.25) is 4.99 Å². The van der Waals surface area contributed by atoms with E-state index < -0.39 is 0 Å². The molecule has 0 fully saturated rings. The lowest BCUT2D eigenvalue weighted by Crippen LogP contribution is -2.35. The summed E-state index contributed by atoms with van der Waals surface area (Å²) in [5.74, 6) is 0.702. The first kappa shape index (κ1) is 13.0. The molecule has 0 atom stereocenters. The summed E-state index contributed by atoms with van der Waals surface area (Å²) in [4.78, 5) is 6.73. The van der Waals surface area contributed by atoms with Gasteiger partial charge in [-0.25, -0.2) is 0 Å². The summed E-state index contributed by atoms with van der Waals surface area (Å²) in [6, 6.07) is 14.0. The molecule has 0 radical (unpaired) electrons. The third-order valence-electron chi connectivity index (χ3n) is 3.28. The number of para-hydroxylation sites is 1. The van der Waals surface area contributed by atoms with Crippen molar-refractivity contribution in [2.75, 3.05) is 13.8 Å². The number of benzene rings is 2. The number of hydrogen-bond acceptors (Lipinski definition) is 3. The molecule has 102 valence electrons. The standard InChI is InChI=1S/C16H15ClN2O/c1-20-16-7-6-12(8-14(16)17)9-19-10-13-4-2-3-5-15(13)18-11-19/h2-8,10H,9,11H2,1H3. The molecule has 0 saturated carbocycles. The number of ether oxygens (including phenoxy) is 1. The summed E-state index contributed by atoms with van der Waals surface area (Å²) in [7, 11) is 1.62. The molecule has 0 N–H and O–H groups in total. The van der Waals surface area contributed by atoms with Crippen LogP contribution < -0.4 is 15.3 Å². The molecule has 3 rings (SSSR count). The van der Waals surface area contributed by atoms with Crippen molar-refractivity contribution in [3.63, 3.8) is 0 Å². The maximum absolute atomic E-state index is 6.15. The van der Waals surface area contributed by atoms with Crippen LogP contribution in [0.3, 0.4) is 0 Å². The van der Waals surface area contributed by atoms with E-state index in [0.717, 1.165) is 22.7 Å². The molecule has 20 heavy (non-hydrogen) atoms. The SMILES string of the molecule is COc1ccc(CN2C=c3ccccc3=NC2)cc1Cl. The molecule has 0 unspecified atom stereocenters. The minimum atomic E-state index is 0.638. The van der Waals surface area contributed by atoms with E-state index >= 15 is 0 Å². The highest BCUT2D eigenvalue weighted by Crippen LogP contribution is 2.25. The first-order valence-electron chi connectivity index (χ1n) is 6.44. The quantitative estimate of drug-likeness (QED) is 0.864. The van der Waals surface area contributed by atoms with Crippen molar-refractivity contribution in [2.45, 2.75) is 6.54 Å². The van der Waals surface area contributed by atoms with Crippen LogP contribution >= 0.6 is 11.6 Å². The molecule has 0 spiro atoms. The summed E-state index contributed by atoms with van der Waals surface area (Å²) in [5.41, 5.74) is 1.14. The fraction of sp³-hybridized carbons (Fsp3) is 0.188. The van der Waals surface area contributed by atoms with Crippen LogP contribution in [-0.2, 0) is 6.54 Å². The average Bonchev–Trinajstić information content (AvgIpc) is 2.47. The number of methoxy groups -OCH3 is 1. The highest BCUT2D eigenvalue weighted by molar-refractivity contribution is 6.32. The third-order valence-corrected chi connectivity index (χ3v) is 3.58. The van der Waals surface area contributed by atoms with E-state index in [-0.39, 0.29) is 0 Å². The second-order valence-corrected chi connectivity index (χ2v) is 5.11. The average molecular weight is 287 g/mol. The van der Waals surface area contributed by atoms with Crippen molar-refractivity contribution in [1.82, 2.24) is 4.90 Å². The van der Waals surface area contributed by atoms with Gasteiger partial charge in [0.25, 0.3) is 0 Å². The number of nitrogens with zero attached hydrogens (tertiary/aromatic N) is 2. The Balaban J connectivity index is 1.83. The first-order valence-corrected chi connectivity index (χ1v) is 6.82. The lowest BCUT2D eigenvalue weighted by atomic mass is 10.2. The molecule has 0 amide bonds. The predicted molar refractivity (Wildman–Crippen MR) is 80.1 cm³/mol. The van der Waals surface area contributed by atoms with Gasteiger partial charge in [0.1, 0.15) is 12.4 Å². The van der Waals surface area contributed by atoms with Gasteiger partial charge in [-0.05, 0) is 23.8 Å². The van der Waals surface area contributed by atoms with Crippen molar-refractivity contribution in [3.05, 3.63) is 63.6 Å². The molecule has 3 nitrogen and oxygen atoms in total. The molecule has 1 aliphatic rings. The van der Waals surface area contributed by atoms with Crippen molar-refractivity contribution in [2.24, 2.45) is 4.99 Å². The molecule has 1 heterocycles. The van der Waals surface area contributed by atoms with Gasteiger partial charge in [0.05, 0.1) is 17.5 Å². The zero-order valence-corrected chi connectivity index (χ0v) is 12.0. The van der Waals surface area contributed by atoms with Gasteiger partial charge in [0, 0.05) is 18.0 Å². The van der Waals surface area contributed by atoms with Gasteiger partial charge in [0.15, 0.2) is 0 Å². The van der Waals surface area contributed by atoms with Gasteiger partial charge in [0.2, 0.25) is 0 Å². The van der Waals surface area contributed by atoms with E-state index in [1.807, 2.05) is 36.4 Å². The number of hydrogen-bond donors (Lipinski definition) is 0. The van der Waals surface area contributed by atoms with E-state index in [9.17, 15) is 0 Å². The van der Waals surface area contributed by atoms with Crippen molar-refractivity contribution in [3.8, 4) is 5.75 Å². The monoisotopic (exact) mass is 286 g/mol. The summed E-state index contributed by atoms with van der Waals surface area (Å²) in [6.45, 7) is 1.45. The number of halogens is 1. The Morgan fingerprint density at radius 1 is 1.25 bits per heavy atom. The fourth-order valence-electron chi connectivity index (χ4n) is 2.28. The summed E-state index contributed by atoms with van der Waals surface area (Å²) < 4.78 is 5.16. The Bertz CT molecular complexity index is 742. The minimum absolute atomic E-state index is 0.638. The minimum Gasteiger partial charge on any atom is -0.495 e. The van der Waals surface area contributed by atoms with Crippen LogP contribution in [0.1, 0.15) is 5.56 Å². The highest BCUT2D eigenvalue weighted by Gasteiger charge is 2.07. The van der Waals surface area contributed by atoms with Crippen LogP contribution in [0.2, 0.25) is 5.02 Å². The Hall–Kier alpha value is -2.00. The Morgan fingerprint density at radius 3 is 2.90 bits per heavy atom. The van der Waals surface area contributed by atoms with Crippen molar-refractivity contribution in [1.29, 1.82) is 0 Å².